The van der Waals surface area contributed by atoms with Gasteiger partial charge >= 0.3 is 0 Å². The second kappa shape index (κ2) is 10.6. The number of piperidine rings is 1. The Bertz CT molecular complexity index is 1290. The number of rotatable bonds is 7. The summed E-state index contributed by atoms with van der Waals surface area (Å²) in [4.78, 5) is 22.1. The summed E-state index contributed by atoms with van der Waals surface area (Å²) in [6.07, 6.45) is 1.94. The third kappa shape index (κ3) is 5.28. The summed E-state index contributed by atoms with van der Waals surface area (Å²) >= 11 is 0. The number of hydrogen-bond acceptors (Lipinski definition) is 6. The summed E-state index contributed by atoms with van der Waals surface area (Å²) in [7, 11) is 5.61. The van der Waals surface area contributed by atoms with E-state index >= 15 is 0 Å². The average molecular weight is 470 g/mol. The molecule has 0 spiro atoms. The van der Waals surface area contributed by atoms with E-state index in [1.54, 1.807) is 13.2 Å². The van der Waals surface area contributed by atoms with Crippen molar-refractivity contribution in [1.82, 2.24) is 14.8 Å². The number of ether oxygens (including phenoxy) is 1. The van der Waals surface area contributed by atoms with Crippen molar-refractivity contribution < 1.29 is 9.53 Å². The number of nitrogens with one attached hydrogen (secondary N) is 1. The third-order valence-corrected chi connectivity index (χ3v) is 6.66. The lowest BCUT2D eigenvalue weighted by molar-refractivity contribution is 0.0654. The van der Waals surface area contributed by atoms with Crippen LogP contribution in [0.4, 0.5) is 5.69 Å². The Morgan fingerprint density at radius 2 is 2.00 bits per heavy atom. The van der Waals surface area contributed by atoms with Crippen molar-refractivity contribution in [2.24, 2.45) is 0 Å². The molecule has 0 radical (unpaired) electrons. The minimum absolute atomic E-state index is 0.0544. The largest absolute Gasteiger partial charge is 0.495 e. The van der Waals surface area contributed by atoms with Gasteiger partial charge in [-0.2, -0.15) is 5.26 Å². The maximum absolute atomic E-state index is 13.2. The first-order valence-corrected chi connectivity index (χ1v) is 11.8. The molecule has 7 nitrogen and oxygen atoms in total. The molecule has 1 aliphatic heterocycles. The van der Waals surface area contributed by atoms with Crippen molar-refractivity contribution in [2.45, 2.75) is 18.9 Å². The van der Waals surface area contributed by atoms with E-state index in [0.29, 0.717) is 23.6 Å². The van der Waals surface area contributed by atoms with Crippen LogP contribution in [0.1, 0.15) is 23.3 Å². The van der Waals surface area contributed by atoms with Crippen LogP contribution < -0.4 is 10.1 Å². The van der Waals surface area contributed by atoms with Gasteiger partial charge in [-0.15, -0.1) is 0 Å². The molecular weight excluding hydrogens is 438 g/mol. The molecule has 1 amide bonds. The van der Waals surface area contributed by atoms with Gasteiger partial charge in [-0.25, -0.2) is 4.98 Å². The van der Waals surface area contributed by atoms with Crippen LogP contribution in [0.15, 0.2) is 60.7 Å². The number of pyridine rings is 1. The van der Waals surface area contributed by atoms with E-state index in [1.807, 2.05) is 54.4 Å². The lowest BCUT2D eigenvalue weighted by atomic mass is 10.0. The Kier molecular flexibility index (Phi) is 7.33. The van der Waals surface area contributed by atoms with Crippen molar-refractivity contribution in [3.63, 3.8) is 0 Å². The quantitative estimate of drug-likeness (QED) is 0.511. The number of benzene rings is 2. The highest BCUT2D eigenvalue weighted by Crippen LogP contribution is 2.35. The molecule has 0 unspecified atom stereocenters. The summed E-state index contributed by atoms with van der Waals surface area (Å²) in [5.41, 5.74) is 3.28. The van der Waals surface area contributed by atoms with Crippen LogP contribution in [-0.4, -0.2) is 67.6 Å². The van der Waals surface area contributed by atoms with Gasteiger partial charge in [0.05, 0.1) is 24.6 Å². The van der Waals surface area contributed by atoms with Gasteiger partial charge in [0.1, 0.15) is 11.4 Å². The summed E-state index contributed by atoms with van der Waals surface area (Å²) in [5.74, 6) is 0.623. The van der Waals surface area contributed by atoms with E-state index < -0.39 is 0 Å². The lowest BCUT2D eigenvalue weighted by Gasteiger charge is -2.35. The molecule has 0 aliphatic carbocycles. The molecule has 4 rings (SSSR count). The fourth-order valence-corrected chi connectivity index (χ4v) is 4.49. The number of likely N-dealkylation sites (tertiary alicyclic amines) is 1. The first-order chi connectivity index (χ1) is 16.9. The van der Waals surface area contributed by atoms with Crippen molar-refractivity contribution in [1.29, 1.82) is 5.26 Å². The molecule has 0 atom stereocenters. The van der Waals surface area contributed by atoms with Crippen molar-refractivity contribution >= 4 is 22.4 Å². The van der Waals surface area contributed by atoms with Gasteiger partial charge in [-0.3, -0.25) is 4.79 Å². The van der Waals surface area contributed by atoms with Crippen molar-refractivity contribution in [2.75, 3.05) is 46.2 Å². The maximum atomic E-state index is 13.2. The number of nitrogens with zero attached hydrogens (tertiary/aromatic N) is 4. The molecule has 1 aromatic heterocycles. The van der Waals surface area contributed by atoms with Crippen LogP contribution in [0.5, 0.6) is 5.75 Å². The fourth-order valence-electron chi connectivity index (χ4n) is 4.49. The first kappa shape index (κ1) is 24.2. The number of hydrogen-bond donors (Lipinski definition) is 1. The predicted molar refractivity (Wildman–Crippen MR) is 140 cm³/mol. The number of anilines is 1. The minimum atomic E-state index is -0.0544. The lowest BCUT2D eigenvalue weighted by Crippen LogP contribution is -2.44. The zero-order valence-corrected chi connectivity index (χ0v) is 20.5. The van der Waals surface area contributed by atoms with E-state index in [4.69, 9.17) is 15.0 Å². The summed E-state index contributed by atoms with van der Waals surface area (Å²) in [6.45, 7) is 6.06. The molecule has 1 saturated heterocycles. The number of carbonyl (C=O) groups excluding carboxylic acids is 1. The fraction of sp³-hybridized carbons (Fsp3) is 0.321. The van der Waals surface area contributed by atoms with Gasteiger partial charge in [0.2, 0.25) is 0 Å². The number of aromatic nitrogens is 1. The summed E-state index contributed by atoms with van der Waals surface area (Å²) in [6, 6.07) is 17.8. The molecule has 2 heterocycles. The summed E-state index contributed by atoms with van der Waals surface area (Å²) < 4.78 is 5.56. The van der Waals surface area contributed by atoms with E-state index in [1.165, 1.54) is 0 Å². The first-order valence-electron chi connectivity index (χ1n) is 11.8. The van der Waals surface area contributed by atoms with Gasteiger partial charge in [0.15, 0.2) is 0 Å². The van der Waals surface area contributed by atoms with Gasteiger partial charge in [0.25, 0.3) is 5.91 Å². The zero-order valence-electron chi connectivity index (χ0n) is 20.5. The minimum Gasteiger partial charge on any atom is -0.495 e. The normalized spacial score (nSPS) is 14.3. The van der Waals surface area contributed by atoms with E-state index in [9.17, 15) is 4.79 Å². The number of methoxy groups -OCH3 is 1. The second-order valence-corrected chi connectivity index (χ2v) is 9.01. The van der Waals surface area contributed by atoms with Crippen LogP contribution in [0.3, 0.4) is 0 Å². The molecule has 180 valence electrons. The van der Waals surface area contributed by atoms with E-state index in [0.717, 1.165) is 53.6 Å². The van der Waals surface area contributed by atoms with Crippen LogP contribution in [0.2, 0.25) is 0 Å². The maximum Gasteiger partial charge on any atom is 0.272 e. The molecule has 35 heavy (non-hydrogen) atoms. The molecule has 7 heteroatoms. The Hall–Kier alpha value is -3.89. The number of carbonyl (C=O) groups is 1. The Labute approximate surface area is 206 Å². The molecule has 2 aromatic carbocycles. The van der Waals surface area contributed by atoms with E-state index in [-0.39, 0.29) is 11.9 Å². The van der Waals surface area contributed by atoms with Gasteiger partial charge in [0, 0.05) is 36.2 Å². The average Bonchev–Trinajstić information content (AvgIpc) is 2.90. The zero-order chi connectivity index (χ0) is 24.9. The Morgan fingerprint density at radius 3 is 2.71 bits per heavy atom. The van der Waals surface area contributed by atoms with Crippen LogP contribution in [-0.2, 0) is 0 Å². The SMILES string of the molecule is C=C(C#N)CNc1c(OC)ccc2ccc(-c3cccc(C(=O)N(C)C4CCN(C)CC4)n3)cc12. The second-order valence-electron chi connectivity index (χ2n) is 9.01. The standard InChI is InChI=1S/C28H31N5O2/c1-19(17-29)18-30-27-23-16-21(9-8-20(23)10-11-26(27)35-4)24-6-5-7-25(31-24)28(34)33(3)22-12-14-32(2)15-13-22/h5-11,16,22,30H,1,12-15,18H2,2-4H3. The highest BCUT2D eigenvalue weighted by molar-refractivity contribution is 5.99. The number of amides is 1. The Morgan fingerprint density at radius 1 is 1.26 bits per heavy atom. The van der Waals surface area contributed by atoms with Gasteiger partial charge in [-0.1, -0.05) is 30.8 Å². The van der Waals surface area contributed by atoms with E-state index in [2.05, 4.69) is 29.9 Å². The number of fused-ring (bicyclic) bond motifs is 1. The Balaban J connectivity index is 1.65. The molecule has 0 saturated carbocycles. The van der Waals surface area contributed by atoms with Gasteiger partial charge in [-0.05, 0) is 62.6 Å². The van der Waals surface area contributed by atoms with Gasteiger partial charge < -0.3 is 19.9 Å². The van der Waals surface area contributed by atoms with Crippen molar-refractivity contribution in [3.8, 4) is 23.1 Å². The topological polar surface area (TPSA) is 81.5 Å². The highest BCUT2D eigenvalue weighted by atomic mass is 16.5. The predicted octanol–water partition coefficient (Wildman–Crippen LogP) is 4.57. The highest BCUT2D eigenvalue weighted by Gasteiger charge is 2.25. The third-order valence-electron chi connectivity index (χ3n) is 6.66. The smallest absolute Gasteiger partial charge is 0.272 e. The van der Waals surface area contributed by atoms with Crippen LogP contribution >= 0.6 is 0 Å². The van der Waals surface area contributed by atoms with Crippen LogP contribution in [0.25, 0.3) is 22.0 Å². The summed E-state index contributed by atoms with van der Waals surface area (Å²) in [5, 5.41) is 14.3. The van der Waals surface area contributed by atoms with Crippen molar-refractivity contribution in [3.05, 3.63) is 66.4 Å². The molecule has 1 aliphatic rings. The molecule has 0 bridgehead atoms. The molecule has 3 aromatic rings. The molecular formula is C28H31N5O2. The van der Waals surface area contributed by atoms with Crippen LogP contribution in [0, 0.1) is 11.3 Å². The molecule has 1 N–H and O–H groups in total. The molecule has 1 fully saturated rings. The monoisotopic (exact) mass is 469 g/mol. The number of nitriles is 1.